The predicted molar refractivity (Wildman–Crippen MR) is 119 cm³/mol. The molecular weight excluding hydrogens is 396 g/mol. The van der Waals surface area contributed by atoms with Crippen LogP contribution in [0, 0.1) is 5.41 Å². The van der Waals surface area contributed by atoms with Crippen LogP contribution in [-0.4, -0.2) is 61.1 Å². The van der Waals surface area contributed by atoms with E-state index in [0.717, 1.165) is 43.8 Å². The van der Waals surface area contributed by atoms with Crippen molar-refractivity contribution in [3.8, 4) is 5.75 Å². The zero-order chi connectivity index (χ0) is 22.4. The number of hydrogen-bond donors (Lipinski definition) is 3. The molecule has 1 aromatic rings. The minimum atomic E-state index is -1.19. The van der Waals surface area contributed by atoms with Gasteiger partial charge < -0.3 is 29.5 Å². The molecule has 172 valence electrons. The first-order valence-electron chi connectivity index (χ1n) is 11.1. The normalized spacial score (nSPS) is 19.2. The van der Waals surface area contributed by atoms with Crippen LogP contribution in [0.1, 0.15) is 44.2 Å². The van der Waals surface area contributed by atoms with Crippen molar-refractivity contribution in [2.45, 2.75) is 58.2 Å². The second-order valence-electron chi connectivity index (χ2n) is 9.05. The van der Waals surface area contributed by atoms with E-state index in [-0.39, 0.29) is 12.0 Å². The Kier molecular flexibility index (Phi) is 8.17. The van der Waals surface area contributed by atoms with Crippen LogP contribution in [0.15, 0.2) is 41.2 Å². The van der Waals surface area contributed by atoms with Gasteiger partial charge in [-0.3, -0.25) is 0 Å². The minimum Gasteiger partial charge on any atom is -0.495 e. The van der Waals surface area contributed by atoms with E-state index in [2.05, 4.69) is 38.1 Å². The monoisotopic (exact) mass is 432 g/mol. The number of methoxy groups -OCH3 is 1. The molecule has 0 saturated carbocycles. The average molecular weight is 433 g/mol. The topological polar surface area (TPSA) is 88.4 Å². The molecule has 0 radical (unpaired) electrons. The predicted octanol–water partition coefficient (Wildman–Crippen LogP) is 2.93. The van der Waals surface area contributed by atoms with Gasteiger partial charge in [0.1, 0.15) is 24.6 Å². The number of hydrogen-bond acceptors (Lipinski definition) is 6. The van der Waals surface area contributed by atoms with Gasteiger partial charge in [-0.05, 0) is 55.0 Å². The van der Waals surface area contributed by atoms with E-state index in [1.54, 1.807) is 7.11 Å². The molecule has 6 nitrogen and oxygen atoms in total. The van der Waals surface area contributed by atoms with Crippen molar-refractivity contribution in [1.29, 1.82) is 0 Å². The Labute approximate surface area is 185 Å². The highest BCUT2D eigenvalue weighted by atomic mass is 16.5. The van der Waals surface area contributed by atoms with Crippen LogP contribution in [0.5, 0.6) is 5.75 Å². The van der Waals surface area contributed by atoms with Gasteiger partial charge in [-0.2, -0.15) is 0 Å². The number of ether oxygens (including phenoxy) is 3. The molecule has 2 aliphatic rings. The highest BCUT2D eigenvalue weighted by molar-refractivity contribution is 5.49. The van der Waals surface area contributed by atoms with Crippen molar-refractivity contribution in [2.24, 2.45) is 5.41 Å². The van der Waals surface area contributed by atoms with E-state index in [4.69, 9.17) is 19.3 Å². The van der Waals surface area contributed by atoms with E-state index in [0.29, 0.717) is 13.0 Å². The Hall–Kier alpha value is -1.86. The first-order chi connectivity index (χ1) is 14.8. The summed E-state index contributed by atoms with van der Waals surface area (Å²) in [5, 5.41) is 28.4. The number of fused-ring (bicyclic) bond motifs is 1. The number of rotatable bonds is 11. The van der Waals surface area contributed by atoms with Crippen molar-refractivity contribution in [1.82, 2.24) is 0 Å². The molecule has 0 spiro atoms. The second kappa shape index (κ2) is 10.6. The molecule has 0 aliphatic heterocycles. The zero-order valence-electron chi connectivity index (χ0n) is 18.9. The zero-order valence-corrected chi connectivity index (χ0v) is 18.9. The third kappa shape index (κ3) is 6.10. The molecule has 0 unspecified atom stereocenters. The van der Waals surface area contributed by atoms with Crippen molar-refractivity contribution in [2.75, 3.05) is 33.5 Å². The van der Waals surface area contributed by atoms with Crippen LogP contribution in [-0.2, 0) is 22.3 Å². The van der Waals surface area contributed by atoms with Crippen LogP contribution in [0.4, 0.5) is 0 Å². The smallest absolute Gasteiger partial charge is 0.119 e. The lowest BCUT2D eigenvalue weighted by molar-refractivity contribution is -0.0461. The Morgan fingerprint density at radius 3 is 2.48 bits per heavy atom. The molecule has 0 heterocycles. The third-order valence-corrected chi connectivity index (χ3v) is 6.15. The molecule has 1 aromatic carbocycles. The summed E-state index contributed by atoms with van der Waals surface area (Å²) >= 11 is 0. The number of aliphatic hydroxyl groups excluding tert-OH is 3. The molecule has 0 aromatic heterocycles. The standard InChI is InChI=1S/C25H36O6/c1-25(2)14-21(31-16-24(28)23(27)15-26)12-19-10-17-6-7-20(11-18(17)13-22(19)25)30-9-5-4-8-29-3/h6-7,11,14,23-24,26-28H,4-5,8-10,12-13,15-16H2,1-3H3/t23-,24-/m1/s1. The SMILES string of the molecule is COCCCCOc1ccc2c(c1)CC1=C(CC(OC[C@@H](O)[C@H](O)CO)=CC1(C)C)C2. The largest absolute Gasteiger partial charge is 0.495 e. The molecule has 3 rings (SSSR count). The Morgan fingerprint density at radius 1 is 0.968 bits per heavy atom. The molecule has 31 heavy (non-hydrogen) atoms. The first-order valence-corrected chi connectivity index (χ1v) is 11.1. The van der Waals surface area contributed by atoms with Gasteiger partial charge in [-0.25, -0.2) is 0 Å². The van der Waals surface area contributed by atoms with Crippen molar-refractivity contribution < 1.29 is 29.5 Å². The summed E-state index contributed by atoms with van der Waals surface area (Å²) in [4.78, 5) is 0. The number of aliphatic hydroxyl groups is 3. The van der Waals surface area contributed by atoms with E-state index < -0.39 is 18.8 Å². The molecule has 6 heteroatoms. The molecule has 3 N–H and O–H groups in total. The average Bonchev–Trinajstić information content (AvgIpc) is 2.75. The van der Waals surface area contributed by atoms with Crippen LogP contribution in [0.3, 0.4) is 0 Å². The summed E-state index contributed by atoms with van der Waals surface area (Å²) in [6, 6.07) is 6.39. The van der Waals surface area contributed by atoms with Gasteiger partial charge in [-0.1, -0.05) is 31.1 Å². The minimum absolute atomic E-state index is 0.0338. The van der Waals surface area contributed by atoms with Gasteiger partial charge in [0.05, 0.1) is 19.0 Å². The van der Waals surface area contributed by atoms with Crippen molar-refractivity contribution in [3.05, 3.63) is 52.3 Å². The molecule has 0 bridgehead atoms. The van der Waals surface area contributed by atoms with E-state index in [1.165, 1.54) is 22.3 Å². The lowest BCUT2D eigenvalue weighted by atomic mass is 9.69. The summed E-state index contributed by atoms with van der Waals surface area (Å²) in [7, 11) is 1.72. The van der Waals surface area contributed by atoms with Crippen LogP contribution in [0.25, 0.3) is 0 Å². The number of unbranched alkanes of at least 4 members (excludes halogenated alkanes) is 1. The summed E-state index contributed by atoms with van der Waals surface area (Å²) in [5.74, 6) is 1.73. The van der Waals surface area contributed by atoms with Gasteiger partial charge in [0.25, 0.3) is 0 Å². The summed E-state index contributed by atoms with van der Waals surface area (Å²) in [6.07, 6.45) is 4.28. The van der Waals surface area contributed by atoms with E-state index in [9.17, 15) is 10.2 Å². The molecule has 0 saturated heterocycles. The van der Waals surface area contributed by atoms with Gasteiger partial charge in [0.15, 0.2) is 0 Å². The van der Waals surface area contributed by atoms with E-state index in [1.807, 2.05) is 0 Å². The van der Waals surface area contributed by atoms with Gasteiger partial charge >= 0.3 is 0 Å². The third-order valence-electron chi connectivity index (χ3n) is 6.15. The summed E-state index contributed by atoms with van der Waals surface area (Å²) in [5.41, 5.74) is 5.26. The number of benzene rings is 1. The van der Waals surface area contributed by atoms with Crippen molar-refractivity contribution in [3.63, 3.8) is 0 Å². The number of allylic oxidation sites excluding steroid dienone is 3. The fourth-order valence-corrected chi connectivity index (χ4v) is 4.34. The molecule has 2 aliphatic carbocycles. The van der Waals surface area contributed by atoms with E-state index >= 15 is 0 Å². The quantitative estimate of drug-likeness (QED) is 0.368. The highest BCUT2D eigenvalue weighted by Crippen LogP contribution is 2.45. The molecular formula is C25H36O6. The highest BCUT2D eigenvalue weighted by Gasteiger charge is 2.33. The van der Waals surface area contributed by atoms with Gasteiger partial charge in [0.2, 0.25) is 0 Å². The fraction of sp³-hybridized carbons (Fsp3) is 0.600. The van der Waals surface area contributed by atoms with Crippen LogP contribution in [0.2, 0.25) is 0 Å². The lowest BCUT2D eigenvalue weighted by Gasteiger charge is -2.37. The molecule has 0 amide bonds. The first kappa shape index (κ1) is 23.8. The van der Waals surface area contributed by atoms with Crippen molar-refractivity contribution >= 4 is 0 Å². The Morgan fingerprint density at radius 2 is 1.74 bits per heavy atom. The Bertz CT molecular complexity index is 810. The lowest BCUT2D eigenvalue weighted by Crippen LogP contribution is -2.33. The summed E-state index contributed by atoms with van der Waals surface area (Å²) < 4.78 is 16.8. The molecule has 2 atom stereocenters. The fourth-order valence-electron chi connectivity index (χ4n) is 4.34. The maximum atomic E-state index is 9.88. The second-order valence-corrected chi connectivity index (χ2v) is 9.05. The van der Waals surface area contributed by atoms with Crippen LogP contribution < -0.4 is 4.74 Å². The van der Waals surface area contributed by atoms with Gasteiger partial charge in [-0.15, -0.1) is 0 Å². The maximum absolute atomic E-state index is 9.88. The molecule has 0 fully saturated rings. The van der Waals surface area contributed by atoms with Gasteiger partial charge in [0, 0.05) is 25.6 Å². The summed E-state index contributed by atoms with van der Waals surface area (Å²) in [6.45, 7) is 5.31. The van der Waals surface area contributed by atoms with Crippen LogP contribution >= 0.6 is 0 Å². The maximum Gasteiger partial charge on any atom is 0.119 e. The Balaban J connectivity index is 1.63.